The number of hydrogen-bond donors (Lipinski definition) is 2. The molecule has 1 rings (SSSR count). The molecule has 0 saturated carbocycles. The zero-order valence-corrected chi connectivity index (χ0v) is 17.0. The van der Waals surface area contributed by atoms with Crippen molar-refractivity contribution in [2.24, 2.45) is 10.9 Å². The molecule has 0 radical (unpaired) electrons. The molecule has 0 aromatic heterocycles. The average molecular weight is 384 g/mol. The fourth-order valence-electron chi connectivity index (χ4n) is 2.20. The van der Waals surface area contributed by atoms with E-state index in [2.05, 4.69) is 29.5 Å². The molecule has 0 heterocycles. The highest BCUT2D eigenvalue weighted by Crippen LogP contribution is 2.10. The summed E-state index contributed by atoms with van der Waals surface area (Å²) >= 11 is 0. The minimum absolute atomic E-state index is 0.0955. The van der Waals surface area contributed by atoms with Crippen LogP contribution in [0.4, 0.5) is 0 Å². The fourth-order valence-corrected chi connectivity index (χ4v) is 3.51. The van der Waals surface area contributed by atoms with Crippen LogP contribution in [-0.4, -0.2) is 53.0 Å². The van der Waals surface area contributed by atoms with Gasteiger partial charge in [-0.2, -0.15) is 0 Å². The molecule has 26 heavy (non-hydrogen) atoms. The van der Waals surface area contributed by atoms with Crippen LogP contribution >= 0.6 is 0 Å². The van der Waals surface area contributed by atoms with Crippen molar-refractivity contribution in [2.45, 2.75) is 38.5 Å². The monoisotopic (exact) mass is 383 g/mol. The van der Waals surface area contributed by atoms with Crippen molar-refractivity contribution in [3.8, 4) is 0 Å². The summed E-state index contributed by atoms with van der Waals surface area (Å²) in [5, 5.41) is 6.36. The molecule has 6 nitrogen and oxygen atoms in total. The number of nitrogens with one attached hydrogen (secondary N) is 2. The Morgan fingerprint density at radius 1 is 1.15 bits per heavy atom. The predicted molar refractivity (Wildman–Crippen MR) is 107 cm³/mol. The lowest BCUT2D eigenvalue weighted by Crippen LogP contribution is -2.39. The zero-order chi connectivity index (χ0) is 19.3. The molecule has 0 atom stereocenters. The smallest absolute Gasteiger partial charge is 0.191 e. The zero-order valence-electron chi connectivity index (χ0n) is 16.2. The maximum absolute atomic E-state index is 12.2. The molecule has 0 aliphatic heterocycles. The second kappa shape index (κ2) is 12.7. The summed E-state index contributed by atoms with van der Waals surface area (Å²) in [6.45, 7) is 9.62. The minimum atomic E-state index is -3.23. The lowest BCUT2D eigenvalue weighted by Gasteiger charge is -2.12. The van der Waals surface area contributed by atoms with Gasteiger partial charge in [-0.05, 0) is 37.8 Å². The highest BCUT2D eigenvalue weighted by atomic mass is 32.2. The van der Waals surface area contributed by atoms with Gasteiger partial charge in [0, 0.05) is 26.2 Å². The highest BCUT2D eigenvalue weighted by Gasteiger charge is 2.12. The molecule has 0 fully saturated rings. The SMILES string of the molecule is CCNC(=NCCCS(=O)(=O)c1ccccc1)NCCOCCC(C)C. The van der Waals surface area contributed by atoms with E-state index in [1.54, 1.807) is 24.3 Å². The first-order valence-electron chi connectivity index (χ1n) is 9.33. The van der Waals surface area contributed by atoms with E-state index in [0.29, 0.717) is 42.9 Å². The molecule has 0 aliphatic carbocycles. The summed E-state index contributed by atoms with van der Waals surface area (Å²) in [6.07, 6.45) is 1.54. The van der Waals surface area contributed by atoms with Crippen LogP contribution in [0.3, 0.4) is 0 Å². The Balaban J connectivity index is 2.32. The van der Waals surface area contributed by atoms with E-state index in [-0.39, 0.29) is 5.75 Å². The molecule has 2 N–H and O–H groups in total. The van der Waals surface area contributed by atoms with Crippen LogP contribution in [0.2, 0.25) is 0 Å². The highest BCUT2D eigenvalue weighted by molar-refractivity contribution is 7.91. The first-order valence-corrected chi connectivity index (χ1v) is 11.0. The van der Waals surface area contributed by atoms with E-state index >= 15 is 0 Å². The van der Waals surface area contributed by atoms with Crippen LogP contribution in [0, 0.1) is 5.92 Å². The molecule has 0 amide bonds. The molecule has 0 saturated heterocycles. The first-order chi connectivity index (χ1) is 12.5. The molecule has 1 aromatic rings. The average Bonchev–Trinajstić information content (AvgIpc) is 2.62. The van der Waals surface area contributed by atoms with Gasteiger partial charge in [0.1, 0.15) is 0 Å². The predicted octanol–water partition coefficient (Wildman–Crippen LogP) is 2.47. The lowest BCUT2D eigenvalue weighted by molar-refractivity contribution is 0.128. The van der Waals surface area contributed by atoms with Gasteiger partial charge >= 0.3 is 0 Å². The van der Waals surface area contributed by atoms with Gasteiger partial charge in [0.2, 0.25) is 0 Å². The number of sulfone groups is 1. The second-order valence-electron chi connectivity index (χ2n) is 6.47. The van der Waals surface area contributed by atoms with Gasteiger partial charge in [-0.25, -0.2) is 8.42 Å². The van der Waals surface area contributed by atoms with Gasteiger partial charge in [0.15, 0.2) is 15.8 Å². The van der Waals surface area contributed by atoms with Crippen LogP contribution in [0.15, 0.2) is 40.2 Å². The quantitative estimate of drug-likeness (QED) is 0.329. The third kappa shape index (κ3) is 9.77. The van der Waals surface area contributed by atoms with Crippen molar-refractivity contribution in [3.05, 3.63) is 30.3 Å². The molecule has 0 bridgehead atoms. The fraction of sp³-hybridized carbons (Fsp3) is 0.632. The van der Waals surface area contributed by atoms with Crippen LogP contribution < -0.4 is 10.6 Å². The van der Waals surface area contributed by atoms with Gasteiger partial charge in [-0.15, -0.1) is 0 Å². The topological polar surface area (TPSA) is 79.8 Å². The van der Waals surface area contributed by atoms with E-state index in [9.17, 15) is 8.42 Å². The molecular weight excluding hydrogens is 350 g/mol. The Morgan fingerprint density at radius 2 is 1.88 bits per heavy atom. The van der Waals surface area contributed by atoms with Crippen LogP contribution in [0.25, 0.3) is 0 Å². The third-order valence-electron chi connectivity index (χ3n) is 3.67. The number of rotatable bonds is 12. The van der Waals surface area contributed by atoms with Crippen molar-refractivity contribution in [1.82, 2.24) is 10.6 Å². The molecular formula is C19H33N3O3S. The Labute approximate surface area is 158 Å². The molecule has 7 heteroatoms. The van der Waals surface area contributed by atoms with Gasteiger partial charge in [0.25, 0.3) is 0 Å². The number of hydrogen-bond acceptors (Lipinski definition) is 4. The van der Waals surface area contributed by atoms with E-state index in [0.717, 1.165) is 19.6 Å². The number of benzene rings is 1. The number of ether oxygens (including phenoxy) is 1. The van der Waals surface area contributed by atoms with Gasteiger partial charge in [-0.3, -0.25) is 4.99 Å². The summed E-state index contributed by atoms with van der Waals surface area (Å²) in [6, 6.07) is 8.54. The summed E-state index contributed by atoms with van der Waals surface area (Å²) in [4.78, 5) is 4.80. The van der Waals surface area contributed by atoms with Crippen molar-refractivity contribution < 1.29 is 13.2 Å². The number of guanidine groups is 1. The van der Waals surface area contributed by atoms with Crippen LogP contribution in [0.1, 0.15) is 33.6 Å². The van der Waals surface area contributed by atoms with Crippen molar-refractivity contribution in [2.75, 3.05) is 38.6 Å². The Hall–Kier alpha value is -1.60. The van der Waals surface area contributed by atoms with Gasteiger partial charge < -0.3 is 15.4 Å². The lowest BCUT2D eigenvalue weighted by atomic mass is 10.1. The molecule has 0 spiro atoms. The number of nitrogens with zero attached hydrogens (tertiary/aromatic N) is 1. The maximum atomic E-state index is 12.2. The normalized spacial score (nSPS) is 12.4. The van der Waals surface area contributed by atoms with Gasteiger partial charge in [0.05, 0.1) is 17.3 Å². The summed E-state index contributed by atoms with van der Waals surface area (Å²) < 4.78 is 30.0. The Bertz CT molecular complexity index is 616. The standard InChI is InChI=1S/C19H33N3O3S/c1-4-20-19(22-13-15-25-14-11-17(2)3)21-12-8-16-26(23,24)18-9-6-5-7-10-18/h5-7,9-10,17H,4,8,11-16H2,1-3H3,(H2,20,21,22). The van der Waals surface area contributed by atoms with E-state index in [4.69, 9.17) is 4.74 Å². The summed E-state index contributed by atoms with van der Waals surface area (Å²) in [7, 11) is -3.23. The van der Waals surface area contributed by atoms with Crippen LogP contribution in [0.5, 0.6) is 0 Å². The molecule has 0 unspecified atom stereocenters. The molecule has 0 aliphatic rings. The van der Waals surface area contributed by atoms with Crippen molar-refractivity contribution in [3.63, 3.8) is 0 Å². The third-order valence-corrected chi connectivity index (χ3v) is 5.48. The summed E-state index contributed by atoms with van der Waals surface area (Å²) in [5.74, 6) is 1.43. The Morgan fingerprint density at radius 3 is 2.54 bits per heavy atom. The maximum Gasteiger partial charge on any atom is 0.191 e. The second-order valence-corrected chi connectivity index (χ2v) is 8.58. The van der Waals surface area contributed by atoms with Crippen molar-refractivity contribution >= 4 is 15.8 Å². The molecule has 148 valence electrons. The largest absolute Gasteiger partial charge is 0.380 e. The van der Waals surface area contributed by atoms with Crippen LogP contribution in [-0.2, 0) is 14.6 Å². The minimum Gasteiger partial charge on any atom is -0.380 e. The number of aliphatic imine (C=N–C) groups is 1. The van der Waals surface area contributed by atoms with E-state index < -0.39 is 9.84 Å². The Kier molecular flexibility index (Phi) is 11.0. The van der Waals surface area contributed by atoms with Crippen molar-refractivity contribution in [1.29, 1.82) is 0 Å². The van der Waals surface area contributed by atoms with E-state index in [1.165, 1.54) is 0 Å². The van der Waals surface area contributed by atoms with Gasteiger partial charge in [-0.1, -0.05) is 32.0 Å². The van der Waals surface area contributed by atoms with E-state index in [1.807, 2.05) is 13.0 Å². The summed E-state index contributed by atoms with van der Waals surface area (Å²) in [5.41, 5.74) is 0. The first kappa shape index (κ1) is 22.4. The molecule has 1 aromatic carbocycles.